The summed E-state index contributed by atoms with van der Waals surface area (Å²) in [6.07, 6.45) is 0.0305. The van der Waals surface area contributed by atoms with E-state index in [-0.39, 0.29) is 12.4 Å². The van der Waals surface area contributed by atoms with E-state index in [1.54, 1.807) is 0 Å². The Balaban J connectivity index is 2.07. The van der Waals surface area contributed by atoms with Crippen molar-refractivity contribution in [1.82, 2.24) is 19.5 Å². The quantitative estimate of drug-likeness (QED) is 0.620. The number of ether oxygens (including phenoxy) is 1. The van der Waals surface area contributed by atoms with Gasteiger partial charge < -0.3 is 20.7 Å². The van der Waals surface area contributed by atoms with Crippen LogP contribution in [-0.4, -0.2) is 48.5 Å². The van der Waals surface area contributed by atoms with Gasteiger partial charge in [0.25, 0.3) is 0 Å². The summed E-state index contributed by atoms with van der Waals surface area (Å²) in [6, 6.07) is 1.99. The lowest BCUT2D eigenvalue weighted by atomic mass is 10.0. The first-order chi connectivity index (χ1) is 9.67. The van der Waals surface area contributed by atoms with Gasteiger partial charge >= 0.3 is 0 Å². The van der Waals surface area contributed by atoms with Crippen molar-refractivity contribution in [2.24, 2.45) is 5.92 Å². The minimum absolute atomic E-state index is 0.222. The number of hydrogen-bond acceptors (Lipinski definition) is 8. The second kappa shape index (κ2) is 4.68. The van der Waals surface area contributed by atoms with Crippen LogP contribution in [0.2, 0.25) is 0 Å². The molecule has 2 aromatic heterocycles. The van der Waals surface area contributed by atoms with Crippen LogP contribution in [-0.2, 0) is 4.74 Å². The summed E-state index contributed by atoms with van der Waals surface area (Å²) in [7, 11) is 0. The molecule has 1 aliphatic rings. The number of nitrogens with two attached hydrogens (primary N) is 1. The average molecular weight is 276 g/mol. The first-order valence-corrected chi connectivity index (χ1v) is 5.94. The Morgan fingerprint density at radius 1 is 1.45 bits per heavy atom. The highest BCUT2D eigenvalue weighted by Crippen LogP contribution is 2.35. The molecule has 9 nitrogen and oxygen atoms in total. The van der Waals surface area contributed by atoms with Crippen molar-refractivity contribution in [3.05, 3.63) is 12.7 Å². The third kappa shape index (κ3) is 1.70. The highest BCUT2D eigenvalue weighted by atomic mass is 16.5. The number of aliphatic hydroxyl groups is 2. The van der Waals surface area contributed by atoms with E-state index < -0.39 is 24.4 Å². The van der Waals surface area contributed by atoms with E-state index in [2.05, 4.69) is 15.0 Å². The first kappa shape index (κ1) is 12.7. The Kier molecular flexibility index (Phi) is 2.98. The first-order valence-electron chi connectivity index (χ1n) is 5.94. The Morgan fingerprint density at radius 2 is 2.25 bits per heavy atom. The Morgan fingerprint density at radius 3 is 2.95 bits per heavy atom. The maximum atomic E-state index is 9.95. The third-order valence-electron chi connectivity index (χ3n) is 3.36. The van der Waals surface area contributed by atoms with Crippen LogP contribution in [0.1, 0.15) is 6.23 Å². The number of imidazole rings is 1. The monoisotopic (exact) mass is 276 g/mol. The molecule has 1 fully saturated rings. The molecule has 2 aromatic rings. The molecule has 104 valence electrons. The summed E-state index contributed by atoms with van der Waals surface area (Å²) >= 11 is 0. The van der Waals surface area contributed by atoms with Crippen molar-refractivity contribution >= 4 is 17.0 Å². The molecule has 0 bridgehead atoms. The lowest BCUT2D eigenvalue weighted by molar-refractivity contribution is -0.0441. The largest absolute Gasteiger partial charge is 0.394 e. The van der Waals surface area contributed by atoms with Crippen LogP contribution in [0.5, 0.6) is 0 Å². The fourth-order valence-corrected chi connectivity index (χ4v) is 2.33. The van der Waals surface area contributed by atoms with E-state index in [0.717, 1.165) is 0 Å². The SMILES string of the molecule is N#CC1C(O)C(CO)OC1n1cnc2c(N)ncnc21. The van der Waals surface area contributed by atoms with Crippen LogP contribution in [0.15, 0.2) is 12.7 Å². The molecule has 20 heavy (non-hydrogen) atoms. The van der Waals surface area contributed by atoms with Crippen molar-refractivity contribution in [3.63, 3.8) is 0 Å². The molecule has 3 heterocycles. The zero-order chi connectivity index (χ0) is 14.3. The van der Waals surface area contributed by atoms with Gasteiger partial charge in [-0.2, -0.15) is 5.26 Å². The number of nitrogens with zero attached hydrogens (tertiary/aromatic N) is 5. The topological polar surface area (TPSA) is 143 Å². The van der Waals surface area contributed by atoms with Crippen LogP contribution in [0.25, 0.3) is 11.2 Å². The Hall–Kier alpha value is -2.28. The van der Waals surface area contributed by atoms with Crippen molar-refractivity contribution in [2.75, 3.05) is 12.3 Å². The molecule has 0 spiro atoms. The predicted octanol–water partition coefficient (Wildman–Crippen LogP) is -1.20. The van der Waals surface area contributed by atoms with Gasteiger partial charge in [-0.25, -0.2) is 15.0 Å². The lowest BCUT2D eigenvalue weighted by Gasteiger charge is -2.15. The van der Waals surface area contributed by atoms with Gasteiger partial charge in [-0.3, -0.25) is 4.57 Å². The van der Waals surface area contributed by atoms with E-state index in [1.807, 2.05) is 6.07 Å². The number of nitrogen functional groups attached to an aromatic ring is 1. The van der Waals surface area contributed by atoms with Gasteiger partial charge in [-0.1, -0.05) is 0 Å². The highest BCUT2D eigenvalue weighted by molar-refractivity contribution is 5.81. The standard InChI is InChI=1S/C11H12N6O3/c12-1-5-8(19)6(2-18)20-11(5)17-4-16-7-9(13)14-3-15-10(7)17/h3-6,8,11,18-19H,2H2,(H2,13,14,15). The zero-order valence-corrected chi connectivity index (χ0v) is 10.3. The minimum atomic E-state index is -1.08. The van der Waals surface area contributed by atoms with Gasteiger partial charge in [-0.05, 0) is 0 Å². The molecule has 0 saturated carbocycles. The van der Waals surface area contributed by atoms with Crippen molar-refractivity contribution in [1.29, 1.82) is 5.26 Å². The fourth-order valence-electron chi connectivity index (χ4n) is 2.33. The summed E-state index contributed by atoms with van der Waals surface area (Å²) < 4.78 is 7.03. The molecule has 0 aromatic carbocycles. The number of aromatic nitrogens is 4. The normalized spacial score (nSPS) is 29.6. The third-order valence-corrected chi connectivity index (χ3v) is 3.36. The summed E-state index contributed by atoms with van der Waals surface area (Å²) in [4.78, 5) is 12.0. The molecule has 1 aliphatic heterocycles. The molecule has 1 saturated heterocycles. The van der Waals surface area contributed by atoms with E-state index in [4.69, 9.17) is 15.6 Å². The summed E-state index contributed by atoms with van der Waals surface area (Å²) in [5.74, 6) is -0.611. The van der Waals surface area contributed by atoms with Gasteiger partial charge in [0, 0.05) is 0 Å². The fraction of sp³-hybridized carbons (Fsp3) is 0.455. The van der Waals surface area contributed by atoms with Gasteiger partial charge in [0.05, 0.1) is 19.0 Å². The Bertz CT molecular complexity index is 680. The van der Waals surface area contributed by atoms with E-state index in [9.17, 15) is 10.4 Å². The van der Waals surface area contributed by atoms with Crippen molar-refractivity contribution < 1.29 is 14.9 Å². The smallest absolute Gasteiger partial charge is 0.167 e. The summed E-state index contributed by atoms with van der Waals surface area (Å²) in [5, 5.41) is 28.3. The second-order valence-corrected chi connectivity index (χ2v) is 4.48. The summed E-state index contributed by atoms with van der Waals surface area (Å²) in [6.45, 7) is -0.375. The van der Waals surface area contributed by atoms with Gasteiger partial charge in [-0.15, -0.1) is 0 Å². The number of fused-ring (bicyclic) bond motifs is 1. The lowest BCUT2D eigenvalue weighted by Crippen LogP contribution is -2.28. The molecular formula is C11H12N6O3. The number of anilines is 1. The molecule has 4 unspecified atom stereocenters. The molecule has 0 radical (unpaired) electrons. The zero-order valence-electron chi connectivity index (χ0n) is 10.3. The van der Waals surface area contributed by atoms with Crippen molar-refractivity contribution in [2.45, 2.75) is 18.4 Å². The van der Waals surface area contributed by atoms with Crippen molar-refractivity contribution in [3.8, 4) is 6.07 Å². The summed E-state index contributed by atoms with van der Waals surface area (Å²) in [5.41, 5.74) is 6.50. The molecule has 4 N–H and O–H groups in total. The molecular weight excluding hydrogens is 264 g/mol. The minimum Gasteiger partial charge on any atom is -0.394 e. The van der Waals surface area contributed by atoms with Crippen LogP contribution in [0, 0.1) is 17.2 Å². The molecule has 0 aliphatic carbocycles. The molecule has 3 rings (SSSR count). The van der Waals surface area contributed by atoms with Gasteiger partial charge in [0.2, 0.25) is 0 Å². The second-order valence-electron chi connectivity index (χ2n) is 4.48. The van der Waals surface area contributed by atoms with E-state index in [0.29, 0.717) is 11.2 Å². The molecule has 4 atom stereocenters. The molecule has 9 heteroatoms. The van der Waals surface area contributed by atoms with E-state index in [1.165, 1.54) is 17.2 Å². The van der Waals surface area contributed by atoms with Gasteiger partial charge in [0.15, 0.2) is 17.7 Å². The van der Waals surface area contributed by atoms with Crippen LogP contribution < -0.4 is 5.73 Å². The number of hydrogen-bond donors (Lipinski definition) is 3. The average Bonchev–Trinajstić information content (AvgIpc) is 3.00. The maximum Gasteiger partial charge on any atom is 0.167 e. The maximum absolute atomic E-state index is 9.95. The van der Waals surface area contributed by atoms with Crippen LogP contribution in [0.3, 0.4) is 0 Å². The highest BCUT2D eigenvalue weighted by Gasteiger charge is 2.45. The molecule has 0 amide bonds. The van der Waals surface area contributed by atoms with Gasteiger partial charge in [0.1, 0.15) is 30.0 Å². The number of nitriles is 1. The predicted molar refractivity (Wildman–Crippen MR) is 65.8 cm³/mol. The van der Waals surface area contributed by atoms with Crippen LogP contribution in [0.4, 0.5) is 5.82 Å². The number of rotatable bonds is 2. The number of aliphatic hydroxyl groups excluding tert-OH is 2. The Labute approximate surface area is 113 Å². The van der Waals surface area contributed by atoms with E-state index >= 15 is 0 Å². The van der Waals surface area contributed by atoms with Crippen LogP contribution >= 0.6 is 0 Å².